The van der Waals surface area contributed by atoms with Crippen molar-refractivity contribution < 1.29 is 38.2 Å². The number of carbonyl (C=O) groups excluding carboxylic acids is 5. The number of nitrogens with one attached hydrogen (secondary N) is 2. The normalized spacial score (nSPS) is 13.5. The number of hydrogen-bond donors (Lipinski definition) is 2. The molecule has 0 aliphatic carbocycles. The predicted octanol–water partition coefficient (Wildman–Crippen LogP) is 5.92. The van der Waals surface area contributed by atoms with E-state index < -0.39 is 29.6 Å². The molecule has 3 aromatic carbocycles. The molecule has 13 heteroatoms. The van der Waals surface area contributed by atoms with Gasteiger partial charge in [0.25, 0.3) is 17.1 Å². The highest BCUT2D eigenvalue weighted by Crippen LogP contribution is 2.34. The van der Waals surface area contributed by atoms with Gasteiger partial charge in [0.2, 0.25) is 5.91 Å². The number of nitrogens with zero attached hydrogens (tertiary/aromatic N) is 1. The molecule has 1 fully saturated rings. The van der Waals surface area contributed by atoms with E-state index in [2.05, 4.69) is 10.6 Å². The molecule has 2 N–H and O–H groups in total. The number of anilines is 2. The number of hydrogen-bond acceptors (Lipinski definition) is 9. The molecule has 3 aromatic rings. The molecule has 4 rings (SSSR count). The van der Waals surface area contributed by atoms with Crippen LogP contribution in [0.1, 0.15) is 34.8 Å². The first-order valence-electron chi connectivity index (χ1n) is 13.8. The van der Waals surface area contributed by atoms with E-state index in [-0.39, 0.29) is 40.3 Å². The molecule has 0 saturated carbocycles. The van der Waals surface area contributed by atoms with Gasteiger partial charge in [-0.05, 0) is 78.7 Å². The summed E-state index contributed by atoms with van der Waals surface area (Å²) in [5.74, 6) is -1.65. The molecule has 11 nitrogen and oxygen atoms in total. The number of methoxy groups -OCH3 is 1. The molecule has 1 heterocycles. The quantitative estimate of drug-likeness (QED) is 0.180. The third kappa shape index (κ3) is 8.64. The molecule has 1 aliphatic heterocycles. The second kappa shape index (κ2) is 15.3. The zero-order chi connectivity index (χ0) is 32.5. The highest BCUT2D eigenvalue weighted by atomic mass is 35.5. The molecular weight excluding hydrogens is 622 g/mol. The van der Waals surface area contributed by atoms with Crippen LogP contribution in [0.3, 0.4) is 0 Å². The van der Waals surface area contributed by atoms with E-state index in [1.807, 2.05) is 32.0 Å². The van der Waals surface area contributed by atoms with Crippen LogP contribution in [0.2, 0.25) is 5.02 Å². The van der Waals surface area contributed by atoms with Crippen molar-refractivity contribution in [3.05, 3.63) is 87.3 Å². The second-order valence-corrected chi connectivity index (χ2v) is 11.1. The summed E-state index contributed by atoms with van der Waals surface area (Å²) in [5.41, 5.74) is 2.46. The third-order valence-corrected chi connectivity index (χ3v) is 7.58. The number of halogens is 1. The van der Waals surface area contributed by atoms with E-state index in [0.717, 1.165) is 10.5 Å². The Bertz CT molecular complexity index is 1680. The van der Waals surface area contributed by atoms with Crippen molar-refractivity contribution in [2.75, 3.05) is 37.5 Å². The van der Waals surface area contributed by atoms with Gasteiger partial charge in [-0.3, -0.25) is 24.1 Å². The minimum atomic E-state index is -0.650. The van der Waals surface area contributed by atoms with E-state index in [1.165, 1.54) is 31.4 Å². The minimum Gasteiger partial charge on any atom is -0.493 e. The number of benzene rings is 3. The minimum absolute atomic E-state index is 0.0781. The number of para-hydroxylation sites is 1. The monoisotopic (exact) mass is 651 g/mol. The molecule has 234 valence electrons. The molecule has 0 bridgehead atoms. The van der Waals surface area contributed by atoms with Crippen molar-refractivity contribution in [1.82, 2.24) is 4.90 Å². The summed E-state index contributed by atoms with van der Waals surface area (Å²) in [5, 5.41) is 4.90. The van der Waals surface area contributed by atoms with Crippen molar-refractivity contribution >= 4 is 69.7 Å². The van der Waals surface area contributed by atoms with E-state index in [0.29, 0.717) is 40.9 Å². The van der Waals surface area contributed by atoms with Gasteiger partial charge in [-0.1, -0.05) is 42.8 Å². The molecule has 0 radical (unpaired) electrons. The highest BCUT2D eigenvalue weighted by Gasteiger charge is 2.36. The van der Waals surface area contributed by atoms with Crippen LogP contribution >= 0.6 is 23.4 Å². The largest absolute Gasteiger partial charge is 0.493 e. The summed E-state index contributed by atoms with van der Waals surface area (Å²) in [7, 11) is 1.43. The molecule has 0 unspecified atom stereocenters. The fraction of sp³-hybridized carbons (Fsp3) is 0.219. The molecule has 45 heavy (non-hydrogen) atoms. The Morgan fingerprint density at radius 1 is 0.978 bits per heavy atom. The lowest BCUT2D eigenvalue weighted by Gasteiger charge is -2.13. The molecule has 0 spiro atoms. The van der Waals surface area contributed by atoms with E-state index in [4.69, 9.17) is 25.8 Å². The van der Waals surface area contributed by atoms with Crippen LogP contribution in [0.4, 0.5) is 16.2 Å². The first-order chi connectivity index (χ1) is 21.6. The zero-order valence-corrected chi connectivity index (χ0v) is 26.3. The summed E-state index contributed by atoms with van der Waals surface area (Å²) in [4.78, 5) is 63.9. The number of imide groups is 1. The standard InChI is InChI=1S/C32H30ClN3O8S/c1-4-13-43-31(40)22-16-21(10-11-23(22)33)34-28(37)17-36-30(39)27(45-32(36)41)15-20-9-12-25(26(14-20)42-3)44-18-29(38)35-24-8-6-5-7-19(24)2/h5-12,14-16H,4,13,17-18H2,1-3H3,(H,34,37)(H,35,38)/b27-15-. The summed E-state index contributed by atoms with van der Waals surface area (Å²) in [6.45, 7) is 3.16. The number of amides is 4. The van der Waals surface area contributed by atoms with Gasteiger partial charge in [-0.2, -0.15) is 0 Å². The number of ether oxygens (including phenoxy) is 3. The topological polar surface area (TPSA) is 140 Å². The van der Waals surface area contributed by atoms with Crippen LogP contribution in [0.5, 0.6) is 11.5 Å². The van der Waals surface area contributed by atoms with Gasteiger partial charge in [0, 0.05) is 11.4 Å². The van der Waals surface area contributed by atoms with Gasteiger partial charge in [-0.15, -0.1) is 0 Å². The first-order valence-corrected chi connectivity index (χ1v) is 15.0. The van der Waals surface area contributed by atoms with Gasteiger partial charge >= 0.3 is 5.97 Å². The van der Waals surface area contributed by atoms with Crippen LogP contribution in [0, 0.1) is 6.92 Å². The summed E-state index contributed by atoms with van der Waals surface area (Å²) < 4.78 is 16.2. The molecular formula is C32H30ClN3O8S. The van der Waals surface area contributed by atoms with Crippen LogP contribution in [-0.4, -0.2) is 60.7 Å². The van der Waals surface area contributed by atoms with Gasteiger partial charge in [-0.25, -0.2) is 4.79 Å². The fourth-order valence-electron chi connectivity index (χ4n) is 4.10. The summed E-state index contributed by atoms with van der Waals surface area (Å²) in [6.07, 6.45) is 2.13. The molecule has 0 aromatic heterocycles. The number of thioether (sulfide) groups is 1. The lowest BCUT2D eigenvalue weighted by Crippen LogP contribution is -2.36. The van der Waals surface area contributed by atoms with Gasteiger partial charge in [0.15, 0.2) is 18.1 Å². The Morgan fingerprint density at radius 3 is 2.49 bits per heavy atom. The molecule has 1 saturated heterocycles. The maximum Gasteiger partial charge on any atom is 0.339 e. The van der Waals surface area contributed by atoms with Crippen LogP contribution < -0.4 is 20.1 Å². The van der Waals surface area contributed by atoms with Crippen LogP contribution in [0.25, 0.3) is 6.08 Å². The smallest absolute Gasteiger partial charge is 0.339 e. The Balaban J connectivity index is 1.37. The highest BCUT2D eigenvalue weighted by molar-refractivity contribution is 8.18. The van der Waals surface area contributed by atoms with Crippen LogP contribution in [0.15, 0.2) is 65.6 Å². The second-order valence-electron chi connectivity index (χ2n) is 9.71. The Morgan fingerprint density at radius 2 is 1.76 bits per heavy atom. The van der Waals surface area contributed by atoms with E-state index in [9.17, 15) is 24.0 Å². The lowest BCUT2D eigenvalue weighted by atomic mass is 10.2. The Labute approximate surface area is 268 Å². The average Bonchev–Trinajstić information content (AvgIpc) is 3.28. The maximum atomic E-state index is 13.0. The SMILES string of the molecule is CCCOC(=O)c1cc(NC(=O)CN2C(=O)S/C(=C\c3ccc(OCC(=O)Nc4ccccc4C)c(OC)c3)C2=O)ccc1Cl. The van der Waals surface area contributed by atoms with E-state index >= 15 is 0 Å². The van der Waals surface area contributed by atoms with Gasteiger partial charge < -0.3 is 24.8 Å². The number of carbonyl (C=O) groups is 5. The van der Waals surface area contributed by atoms with Crippen LogP contribution in [-0.2, 0) is 19.1 Å². The Kier molecular flexibility index (Phi) is 11.2. The summed E-state index contributed by atoms with van der Waals surface area (Å²) in [6, 6.07) is 16.5. The van der Waals surface area contributed by atoms with Gasteiger partial charge in [0.05, 0.1) is 29.2 Å². The van der Waals surface area contributed by atoms with E-state index in [1.54, 1.807) is 24.3 Å². The summed E-state index contributed by atoms with van der Waals surface area (Å²) >= 11 is 6.79. The third-order valence-electron chi connectivity index (χ3n) is 6.35. The Hall–Kier alpha value is -4.81. The number of aryl methyl sites for hydroxylation is 1. The van der Waals surface area contributed by atoms with Crippen molar-refractivity contribution in [2.24, 2.45) is 0 Å². The zero-order valence-electron chi connectivity index (χ0n) is 24.7. The number of esters is 1. The fourth-order valence-corrected chi connectivity index (χ4v) is 5.13. The molecule has 4 amide bonds. The van der Waals surface area contributed by atoms with Crippen molar-refractivity contribution in [3.63, 3.8) is 0 Å². The maximum absolute atomic E-state index is 13.0. The van der Waals surface area contributed by atoms with Crippen molar-refractivity contribution in [1.29, 1.82) is 0 Å². The van der Waals surface area contributed by atoms with Crippen molar-refractivity contribution in [3.8, 4) is 11.5 Å². The van der Waals surface area contributed by atoms with Crippen molar-refractivity contribution in [2.45, 2.75) is 20.3 Å². The molecule has 0 atom stereocenters. The first kappa shape index (κ1) is 33.1. The number of rotatable bonds is 12. The lowest BCUT2D eigenvalue weighted by molar-refractivity contribution is -0.127. The molecule has 1 aliphatic rings. The average molecular weight is 652 g/mol. The van der Waals surface area contributed by atoms with Gasteiger partial charge in [0.1, 0.15) is 6.54 Å². The predicted molar refractivity (Wildman–Crippen MR) is 172 cm³/mol.